The molecule has 0 aliphatic heterocycles. The second-order valence-electron chi connectivity index (χ2n) is 14.9. The zero-order valence-corrected chi connectivity index (χ0v) is 37.8. The summed E-state index contributed by atoms with van der Waals surface area (Å²) in [7, 11) is 0. The molecule has 348 valence electrons. The van der Waals surface area contributed by atoms with Gasteiger partial charge in [0.15, 0.2) is 5.76 Å². The first-order valence-electron chi connectivity index (χ1n) is 21.9. The highest BCUT2D eigenvalue weighted by atomic mass is 16.7. The van der Waals surface area contributed by atoms with Crippen molar-refractivity contribution in [1.82, 2.24) is 21.0 Å². The number of hydrogen-bond acceptors (Lipinski definition) is 13. The quantitative estimate of drug-likeness (QED) is 0.0158. The molecule has 0 aliphatic carbocycles. The number of aliphatic imine (C=N–C) groups is 1. The summed E-state index contributed by atoms with van der Waals surface area (Å²) in [5.41, 5.74) is 1.91. The molecule has 1 heterocycles. The third-order valence-electron chi connectivity index (χ3n) is 10.2. The number of rotatable bonds is 29. The molecule has 17 nitrogen and oxygen atoms in total. The minimum atomic E-state index is -1.30. The maximum Gasteiger partial charge on any atom is 0.363 e. The van der Waals surface area contributed by atoms with Gasteiger partial charge in [-0.15, -0.1) is 0 Å². The molecule has 0 aliphatic rings. The Labute approximate surface area is 374 Å². The molecule has 0 bridgehead atoms. The molecule has 0 unspecified atom stereocenters. The van der Waals surface area contributed by atoms with E-state index in [1.807, 2.05) is 20.8 Å². The summed E-state index contributed by atoms with van der Waals surface area (Å²) in [6.45, 7) is 14.9. The highest BCUT2D eigenvalue weighted by Crippen LogP contribution is 2.30. The summed E-state index contributed by atoms with van der Waals surface area (Å²) < 4.78 is 22.2. The van der Waals surface area contributed by atoms with Gasteiger partial charge < -0.3 is 39.4 Å². The van der Waals surface area contributed by atoms with Crippen molar-refractivity contribution in [3.8, 4) is 17.1 Å². The molecule has 17 heteroatoms. The first-order valence-corrected chi connectivity index (χ1v) is 21.9. The zero-order valence-electron chi connectivity index (χ0n) is 37.8. The minimum absolute atomic E-state index is 0.0727. The van der Waals surface area contributed by atoms with Crippen molar-refractivity contribution >= 4 is 54.4 Å². The highest BCUT2D eigenvalue weighted by molar-refractivity contribution is 6.00. The van der Waals surface area contributed by atoms with Gasteiger partial charge in [0.1, 0.15) is 17.6 Å². The topological polar surface area (TPSA) is 221 Å². The first kappa shape index (κ1) is 51.8. The van der Waals surface area contributed by atoms with Crippen LogP contribution in [0.25, 0.3) is 11.3 Å². The second kappa shape index (κ2) is 27.5. The van der Waals surface area contributed by atoms with E-state index in [9.17, 15) is 33.6 Å². The summed E-state index contributed by atoms with van der Waals surface area (Å²) in [5.74, 6) is -4.38. The van der Waals surface area contributed by atoms with Gasteiger partial charge in [-0.25, -0.2) is 9.59 Å². The van der Waals surface area contributed by atoms with E-state index in [4.69, 9.17) is 23.5 Å². The Balaban J connectivity index is 1.71. The lowest BCUT2D eigenvalue weighted by Gasteiger charge is -2.32. The Morgan fingerprint density at radius 2 is 1.53 bits per heavy atom. The first-order chi connectivity index (χ1) is 30.8. The molecule has 0 saturated carbocycles. The number of furan rings is 1. The van der Waals surface area contributed by atoms with E-state index in [0.717, 1.165) is 30.7 Å². The summed E-state index contributed by atoms with van der Waals surface area (Å²) in [4.78, 5) is 101. The van der Waals surface area contributed by atoms with Crippen molar-refractivity contribution < 1.29 is 57.0 Å². The fraction of sp³-hybridized carbons (Fsp3) is 0.489. The number of unbranched alkanes of at least 4 members (excludes halogenated alkanes) is 4. The molecule has 0 spiro atoms. The number of benzene rings is 2. The number of nitrogens with zero attached hydrogens (tertiary/aromatic N) is 2. The van der Waals surface area contributed by atoms with Crippen LogP contribution in [-0.2, 0) is 33.5 Å². The summed E-state index contributed by atoms with van der Waals surface area (Å²) in [5, 5.41) is 8.82. The van der Waals surface area contributed by atoms with Gasteiger partial charge in [0, 0.05) is 5.56 Å². The molecule has 3 aromatic rings. The van der Waals surface area contributed by atoms with Crippen molar-refractivity contribution in [2.24, 2.45) is 10.9 Å². The van der Waals surface area contributed by atoms with Gasteiger partial charge in [0.2, 0.25) is 12.3 Å². The summed E-state index contributed by atoms with van der Waals surface area (Å²) in [6.07, 6.45) is 5.91. The molecule has 3 atom stereocenters. The van der Waals surface area contributed by atoms with Gasteiger partial charge in [-0.05, 0) is 94.3 Å². The van der Waals surface area contributed by atoms with Gasteiger partial charge in [0.05, 0.1) is 61.7 Å². The van der Waals surface area contributed by atoms with E-state index in [1.54, 1.807) is 51.1 Å². The summed E-state index contributed by atoms with van der Waals surface area (Å²) >= 11 is 0. The van der Waals surface area contributed by atoms with Crippen LogP contribution in [0, 0.1) is 12.8 Å². The summed E-state index contributed by atoms with van der Waals surface area (Å²) in [6, 6.07) is 10.3. The van der Waals surface area contributed by atoms with E-state index in [1.165, 1.54) is 18.2 Å². The smallest absolute Gasteiger partial charge is 0.363 e. The van der Waals surface area contributed by atoms with Crippen molar-refractivity contribution in [2.45, 2.75) is 118 Å². The molecule has 3 rings (SSSR count). The third-order valence-corrected chi connectivity index (χ3v) is 10.2. The number of amides is 4. The molecule has 2 aromatic carbocycles. The van der Waals surface area contributed by atoms with E-state index < -0.39 is 60.1 Å². The Hall–Kier alpha value is -6.52. The van der Waals surface area contributed by atoms with Gasteiger partial charge in [-0.1, -0.05) is 65.9 Å². The normalized spacial score (nSPS) is 12.2. The molecule has 1 aromatic heterocycles. The van der Waals surface area contributed by atoms with Crippen molar-refractivity contribution in [3.05, 3.63) is 71.0 Å². The molecular formula is C47H63N5O12. The van der Waals surface area contributed by atoms with Gasteiger partial charge >= 0.3 is 17.9 Å². The average Bonchev–Trinajstić information content (AvgIpc) is 3.79. The number of hydroxylamine groups is 2. The van der Waals surface area contributed by atoms with Crippen LogP contribution in [0.5, 0.6) is 5.75 Å². The maximum atomic E-state index is 13.7. The van der Waals surface area contributed by atoms with Crippen LogP contribution in [0.2, 0.25) is 0 Å². The fourth-order valence-corrected chi connectivity index (χ4v) is 6.63. The number of nitrogens with one attached hydrogen (secondary N) is 3. The van der Waals surface area contributed by atoms with Crippen LogP contribution in [-0.4, -0.2) is 92.4 Å². The average molecular weight is 890 g/mol. The number of esters is 2. The lowest BCUT2D eigenvalue weighted by molar-refractivity contribution is -0.171. The third kappa shape index (κ3) is 15.7. The Morgan fingerprint density at radius 3 is 2.17 bits per heavy atom. The lowest BCUT2D eigenvalue weighted by atomic mass is 9.90. The van der Waals surface area contributed by atoms with Crippen molar-refractivity contribution in [2.75, 3.05) is 26.5 Å². The van der Waals surface area contributed by atoms with Crippen LogP contribution in [0.1, 0.15) is 136 Å². The molecule has 64 heavy (non-hydrogen) atoms. The second-order valence-corrected chi connectivity index (χ2v) is 14.9. The van der Waals surface area contributed by atoms with E-state index in [2.05, 4.69) is 27.7 Å². The van der Waals surface area contributed by atoms with Gasteiger partial charge in [0.25, 0.3) is 11.8 Å². The van der Waals surface area contributed by atoms with Crippen LogP contribution in [0.15, 0.2) is 57.9 Å². The number of carbonyl (C=O) groups excluding carboxylic acids is 7. The molecule has 0 saturated heterocycles. The molecule has 4 amide bonds. The number of aryl methyl sites for hydroxylation is 1. The van der Waals surface area contributed by atoms with E-state index in [0.29, 0.717) is 48.9 Å². The lowest BCUT2D eigenvalue weighted by Crippen LogP contribution is -2.49. The molecule has 0 radical (unpaired) electrons. The Kier molecular flexibility index (Phi) is 22.3. The van der Waals surface area contributed by atoms with Gasteiger partial charge in [-0.2, -0.15) is 5.06 Å². The Morgan fingerprint density at radius 1 is 0.828 bits per heavy atom. The molecular weight excluding hydrogens is 827 g/mol. The SMILES string of the molecule is C=Nc1ccc(C(=O)ON(C=O)[C@H](CC)[C@@H](CCCCC)C(=O)NCNC(=O)c2ccc(-c3ccc(C(=O)N[C@@H](CC(=O)OCCCC)C(=O)OCCCC)c(OCC)c3)o2)c(C)c1. The standard InChI is InChI=1S/C47H63N5O12/c1-8-13-16-17-35(38(11-4)52(30-53)64-46(58)34-21-19-33(48-7)26-31(34)6)43(55)49-29-50-45(57)40-23-22-39(63-40)32-18-20-36(41(27-32)60-12-5)44(56)51-37(47(59)62-25-15-10-3)28-42(54)61-24-14-9-2/h18-23,26-27,30,35,37-38H,7-17,24-25,28-29H2,1-6H3,(H,49,55)(H,50,57)(H,51,56)/t35-,37+,38-/m1/s1. The molecule has 0 fully saturated rings. The number of ether oxygens (including phenoxy) is 3. The van der Waals surface area contributed by atoms with Crippen LogP contribution in [0.3, 0.4) is 0 Å². The number of carbonyl (C=O) groups is 7. The van der Waals surface area contributed by atoms with Gasteiger partial charge in [-0.3, -0.25) is 29.0 Å². The van der Waals surface area contributed by atoms with Crippen molar-refractivity contribution in [3.63, 3.8) is 0 Å². The van der Waals surface area contributed by atoms with E-state index >= 15 is 0 Å². The Bertz CT molecular complexity index is 2050. The monoisotopic (exact) mass is 889 g/mol. The van der Waals surface area contributed by atoms with Crippen molar-refractivity contribution in [1.29, 1.82) is 0 Å². The number of hydrogen-bond donors (Lipinski definition) is 3. The predicted octanol–water partition coefficient (Wildman–Crippen LogP) is 7.17. The zero-order chi connectivity index (χ0) is 47.0. The molecule has 3 N–H and O–H groups in total. The largest absolute Gasteiger partial charge is 0.493 e. The van der Waals surface area contributed by atoms with E-state index in [-0.39, 0.29) is 61.3 Å². The van der Waals surface area contributed by atoms with Crippen LogP contribution < -0.4 is 20.7 Å². The minimum Gasteiger partial charge on any atom is -0.493 e. The fourth-order valence-electron chi connectivity index (χ4n) is 6.63. The highest BCUT2D eigenvalue weighted by Gasteiger charge is 2.34. The van der Waals surface area contributed by atoms with Crippen LogP contribution in [0.4, 0.5) is 5.69 Å². The predicted molar refractivity (Wildman–Crippen MR) is 239 cm³/mol. The van der Waals surface area contributed by atoms with Crippen LogP contribution >= 0.6 is 0 Å². The maximum absolute atomic E-state index is 13.7.